The summed E-state index contributed by atoms with van der Waals surface area (Å²) in [4.78, 5) is 44.2. The van der Waals surface area contributed by atoms with Gasteiger partial charge in [0.15, 0.2) is 0 Å². The number of likely N-dealkylation sites (tertiary alicyclic amines) is 1. The number of fused-ring (bicyclic) bond motifs is 1. The van der Waals surface area contributed by atoms with Crippen LogP contribution in [0.1, 0.15) is 50.2 Å². The predicted molar refractivity (Wildman–Crippen MR) is 153 cm³/mol. The summed E-state index contributed by atoms with van der Waals surface area (Å²) in [5.74, 6) is 2.06. The molecular formula is C31H37N5O5. The van der Waals surface area contributed by atoms with E-state index >= 15 is 0 Å². The van der Waals surface area contributed by atoms with Gasteiger partial charge < -0.3 is 14.4 Å². The van der Waals surface area contributed by atoms with Gasteiger partial charge in [-0.3, -0.25) is 19.4 Å². The largest absolute Gasteiger partial charge is 0.497 e. The molecule has 41 heavy (non-hydrogen) atoms. The molecule has 216 valence electrons. The van der Waals surface area contributed by atoms with E-state index in [2.05, 4.69) is 29.1 Å². The van der Waals surface area contributed by atoms with Crippen LogP contribution in [0.4, 0.5) is 10.5 Å². The molecule has 2 aliphatic heterocycles. The summed E-state index contributed by atoms with van der Waals surface area (Å²) >= 11 is 0. The molecule has 0 N–H and O–H groups in total. The van der Waals surface area contributed by atoms with E-state index < -0.39 is 0 Å². The van der Waals surface area contributed by atoms with E-state index in [9.17, 15) is 14.4 Å². The number of carbonyl (C=O) groups is 3. The maximum atomic E-state index is 13.7. The fourth-order valence-electron chi connectivity index (χ4n) is 6.25. The molecule has 10 heteroatoms. The number of hydrogen-bond donors (Lipinski definition) is 0. The number of amides is 4. The molecule has 0 radical (unpaired) electrons. The minimum Gasteiger partial charge on any atom is -0.497 e. The number of hydrogen-bond acceptors (Lipinski definition) is 6. The number of pyridine rings is 1. The van der Waals surface area contributed by atoms with Gasteiger partial charge >= 0.3 is 6.03 Å². The molecule has 3 aliphatic rings. The number of imide groups is 1. The molecule has 1 aromatic carbocycles. The van der Waals surface area contributed by atoms with Crippen LogP contribution in [0.15, 0.2) is 42.7 Å². The SMILES string of the molecule is COc1ccc(CN2C(=O)CCN(c3cnn4ccc(C[C@@H]5CCN(C(=O)C6CC6)[C@@H](C)C5)cc34)C2=O)c(OC)c1. The highest BCUT2D eigenvalue weighted by atomic mass is 16.5. The summed E-state index contributed by atoms with van der Waals surface area (Å²) in [6.07, 6.45) is 8.83. The van der Waals surface area contributed by atoms with E-state index in [-0.39, 0.29) is 36.9 Å². The van der Waals surface area contributed by atoms with Crippen molar-refractivity contribution in [1.82, 2.24) is 19.4 Å². The van der Waals surface area contributed by atoms with E-state index in [1.165, 1.54) is 10.5 Å². The van der Waals surface area contributed by atoms with E-state index in [0.29, 0.717) is 35.6 Å². The Bertz CT molecular complexity index is 1480. The Hall–Kier alpha value is -4.08. The molecule has 0 spiro atoms. The summed E-state index contributed by atoms with van der Waals surface area (Å²) < 4.78 is 12.5. The average molecular weight is 560 g/mol. The number of piperidine rings is 1. The maximum Gasteiger partial charge on any atom is 0.331 e. The second kappa shape index (κ2) is 11.1. The number of benzene rings is 1. The van der Waals surface area contributed by atoms with Gasteiger partial charge in [-0.25, -0.2) is 9.31 Å². The first-order valence-electron chi connectivity index (χ1n) is 14.5. The summed E-state index contributed by atoms with van der Waals surface area (Å²) in [5.41, 5.74) is 3.42. The minimum atomic E-state index is -0.374. The molecule has 2 saturated heterocycles. The van der Waals surface area contributed by atoms with Crippen molar-refractivity contribution < 1.29 is 23.9 Å². The van der Waals surface area contributed by atoms with Crippen LogP contribution in [-0.2, 0) is 22.6 Å². The molecule has 0 bridgehead atoms. The van der Waals surface area contributed by atoms with Crippen molar-refractivity contribution in [2.75, 3.05) is 32.2 Å². The van der Waals surface area contributed by atoms with Crippen LogP contribution in [0.5, 0.6) is 11.5 Å². The molecule has 1 saturated carbocycles. The first-order chi connectivity index (χ1) is 19.9. The molecule has 10 nitrogen and oxygen atoms in total. The normalized spacial score (nSPS) is 21.5. The molecule has 1 aliphatic carbocycles. The number of rotatable bonds is 8. The molecule has 6 rings (SSSR count). The van der Waals surface area contributed by atoms with Crippen LogP contribution < -0.4 is 14.4 Å². The van der Waals surface area contributed by atoms with Gasteiger partial charge in [0.2, 0.25) is 11.8 Å². The fourth-order valence-corrected chi connectivity index (χ4v) is 6.25. The lowest BCUT2D eigenvalue weighted by Crippen LogP contribution is -2.52. The van der Waals surface area contributed by atoms with Crippen molar-refractivity contribution in [3.05, 3.63) is 53.9 Å². The molecule has 3 fully saturated rings. The molecule has 3 aromatic rings. The molecule has 2 aromatic heterocycles. The van der Waals surface area contributed by atoms with E-state index in [0.717, 1.165) is 49.7 Å². The molecule has 4 heterocycles. The standard InChI is InChI=1S/C31H37N5O5/c1-20-14-21(8-11-33(20)30(38)23-4-5-23)15-22-9-13-36-26(16-22)27(18-32-36)34-12-10-29(37)35(31(34)39)19-24-6-7-25(40-2)17-28(24)41-3/h6-7,9,13,16-18,20-21,23H,4-5,8,10-12,14-15,19H2,1-3H3/t20-,21+/m0/s1. The second-order valence-electron chi connectivity index (χ2n) is 11.5. The zero-order chi connectivity index (χ0) is 28.7. The van der Waals surface area contributed by atoms with Gasteiger partial charge in [0.1, 0.15) is 11.5 Å². The van der Waals surface area contributed by atoms with Crippen molar-refractivity contribution in [2.45, 2.75) is 58.0 Å². The third kappa shape index (κ3) is 5.35. The van der Waals surface area contributed by atoms with E-state index in [4.69, 9.17) is 9.47 Å². The van der Waals surface area contributed by atoms with Gasteiger partial charge in [-0.05, 0) is 74.8 Å². The monoisotopic (exact) mass is 559 g/mol. The average Bonchev–Trinajstić information content (AvgIpc) is 3.75. The van der Waals surface area contributed by atoms with Gasteiger partial charge in [0, 0.05) is 49.3 Å². The molecule has 4 amide bonds. The fraction of sp³-hybridized carbons (Fsp3) is 0.484. The van der Waals surface area contributed by atoms with Crippen LogP contribution in [0.25, 0.3) is 5.52 Å². The van der Waals surface area contributed by atoms with Crippen molar-refractivity contribution in [3.63, 3.8) is 0 Å². The smallest absolute Gasteiger partial charge is 0.331 e. The van der Waals surface area contributed by atoms with Gasteiger partial charge in [0.05, 0.1) is 38.2 Å². The van der Waals surface area contributed by atoms with Gasteiger partial charge in [-0.15, -0.1) is 0 Å². The summed E-state index contributed by atoms with van der Waals surface area (Å²) in [7, 11) is 3.13. The lowest BCUT2D eigenvalue weighted by Gasteiger charge is -2.38. The zero-order valence-corrected chi connectivity index (χ0v) is 23.9. The molecule has 2 atom stereocenters. The zero-order valence-electron chi connectivity index (χ0n) is 23.9. The number of aromatic nitrogens is 2. The highest BCUT2D eigenvalue weighted by Crippen LogP contribution is 2.35. The van der Waals surface area contributed by atoms with Crippen LogP contribution in [0.3, 0.4) is 0 Å². The molecular weight excluding hydrogens is 522 g/mol. The third-order valence-corrected chi connectivity index (χ3v) is 8.71. The van der Waals surface area contributed by atoms with Crippen LogP contribution in [0.2, 0.25) is 0 Å². The third-order valence-electron chi connectivity index (χ3n) is 8.71. The predicted octanol–water partition coefficient (Wildman–Crippen LogP) is 4.29. The summed E-state index contributed by atoms with van der Waals surface area (Å²) in [6.45, 7) is 3.39. The molecule has 0 unspecified atom stereocenters. The number of carbonyl (C=O) groups excluding carboxylic acids is 3. The highest BCUT2D eigenvalue weighted by molar-refractivity contribution is 6.07. The Labute approximate surface area is 239 Å². The Morgan fingerprint density at radius 3 is 2.61 bits per heavy atom. The van der Waals surface area contributed by atoms with Gasteiger partial charge in [-0.1, -0.05) is 0 Å². The Morgan fingerprint density at radius 1 is 1.05 bits per heavy atom. The topological polar surface area (TPSA) is 96.7 Å². The number of anilines is 1. The summed E-state index contributed by atoms with van der Waals surface area (Å²) in [6, 6.07) is 9.42. The Kier molecular flexibility index (Phi) is 7.32. The van der Waals surface area contributed by atoms with Gasteiger partial charge in [-0.2, -0.15) is 5.10 Å². The quantitative estimate of drug-likeness (QED) is 0.409. The number of nitrogens with zero attached hydrogens (tertiary/aromatic N) is 5. The van der Waals surface area contributed by atoms with E-state index in [1.54, 1.807) is 42.0 Å². The van der Waals surface area contributed by atoms with E-state index in [1.807, 2.05) is 12.3 Å². The van der Waals surface area contributed by atoms with Crippen LogP contribution in [-0.4, -0.2) is 70.6 Å². The first kappa shape index (κ1) is 27.1. The highest BCUT2D eigenvalue weighted by Gasteiger charge is 2.38. The Morgan fingerprint density at radius 2 is 1.88 bits per heavy atom. The van der Waals surface area contributed by atoms with Crippen molar-refractivity contribution in [1.29, 1.82) is 0 Å². The van der Waals surface area contributed by atoms with Crippen molar-refractivity contribution in [2.24, 2.45) is 11.8 Å². The number of methoxy groups -OCH3 is 2. The first-order valence-corrected chi connectivity index (χ1v) is 14.5. The lowest BCUT2D eigenvalue weighted by molar-refractivity contribution is -0.136. The second-order valence-corrected chi connectivity index (χ2v) is 11.5. The van der Waals surface area contributed by atoms with Crippen molar-refractivity contribution >= 4 is 29.0 Å². The van der Waals surface area contributed by atoms with Crippen LogP contribution >= 0.6 is 0 Å². The van der Waals surface area contributed by atoms with Crippen molar-refractivity contribution in [3.8, 4) is 11.5 Å². The minimum absolute atomic E-state index is 0.103. The van der Waals surface area contributed by atoms with Crippen LogP contribution in [0, 0.1) is 11.8 Å². The Balaban J connectivity index is 1.18. The van der Waals surface area contributed by atoms with Gasteiger partial charge in [0.25, 0.3) is 0 Å². The number of ether oxygens (including phenoxy) is 2. The summed E-state index contributed by atoms with van der Waals surface area (Å²) in [5, 5.41) is 4.50. The number of urea groups is 1. The lowest BCUT2D eigenvalue weighted by atomic mass is 9.86. The maximum absolute atomic E-state index is 13.7.